The molecule has 1 aliphatic rings. The van der Waals surface area contributed by atoms with E-state index in [4.69, 9.17) is 14.0 Å². The SMILES string of the molecule is CCOC(=O)c1cc(-c2noc([C@@H]3CCCCN3C(=O)COc3ccccc3)n2)ccn1. The van der Waals surface area contributed by atoms with Gasteiger partial charge >= 0.3 is 5.97 Å². The van der Waals surface area contributed by atoms with Crippen LogP contribution in [0.25, 0.3) is 11.4 Å². The van der Waals surface area contributed by atoms with E-state index in [0.717, 1.165) is 19.3 Å². The smallest absolute Gasteiger partial charge is 0.356 e. The van der Waals surface area contributed by atoms with Crippen molar-refractivity contribution in [1.29, 1.82) is 0 Å². The number of hydrogen-bond acceptors (Lipinski definition) is 8. The monoisotopic (exact) mass is 436 g/mol. The number of likely N-dealkylation sites (tertiary alicyclic amines) is 1. The van der Waals surface area contributed by atoms with Crippen molar-refractivity contribution < 1.29 is 23.6 Å². The summed E-state index contributed by atoms with van der Waals surface area (Å²) in [5.74, 6) is 0.686. The maximum atomic E-state index is 12.9. The average Bonchev–Trinajstić information content (AvgIpc) is 3.34. The van der Waals surface area contributed by atoms with Crippen molar-refractivity contribution in [2.24, 2.45) is 0 Å². The van der Waals surface area contributed by atoms with Crippen LogP contribution in [0.4, 0.5) is 0 Å². The Morgan fingerprint density at radius 2 is 2.03 bits per heavy atom. The van der Waals surface area contributed by atoms with Gasteiger partial charge in [0.25, 0.3) is 5.91 Å². The highest BCUT2D eigenvalue weighted by atomic mass is 16.5. The number of para-hydroxylation sites is 1. The molecule has 166 valence electrons. The highest BCUT2D eigenvalue weighted by Crippen LogP contribution is 2.31. The molecule has 2 aromatic heterocycles. The first-order valence-electron chi connectivity index (χ1n) is 10.6. The van der Waals surface area contributed by atoms with Crippen molar-refractivity contribution in [1.82, 2.24) is 20.0 Å². The van der Waals surface area contributed by atoms with Crippen LogP contribution in [0.5, 0.6) is 5.75 Å². The average molecular weight is 436 g/mol. The first kappa shape index (κ1) is 21.5. The first-order valence-corrected chi connectivity index (χ1v) is 10.6. The van der Waals surface area contributed by atoms with Crippen LogP contribution in [-0.2, 0) is 9.53 Å². The van der Waals surface area contributed by atoms with E-state index in [-0.39, 0.29) is 30.9 Å². The third kappa shape index (κ3) is 4.93. The van der Waals surface area contributed by atoms with Crippen LogP contribution < -0.4 is 4.74 Å². The van der Waals surface area contributed by atoms with Gasteiger partial charge in [0.2, 0.25) is 11.7 Å². The Morgan fingerprint density at radius 3 is 2.84 bits per heavy atom. The van der Waals surface area contributed by atoms with Gasteiger partial charge in [0, 0.05) is 18.3 Å². The van der Waals surface area contributed by atoms with Gasteiger partial charge in [-0.25, -0.2) is 9.78 Å². The Bertz CT molecular complexity index is 1070. The lowest BCUT2D eigenvalue weighted by Crippen LogP contribution is -2.41. The summed E-state index contributed by atoms with van der Waals surface area (Å²) in [6.45, 7) is 2.53. The zero-order valence-electron chi connectivity index (χ0n) is 17.8. The fraction of sp³-hybridized carbons (Fsp3) is 0.348. The van der Waals surface area contributed by atoms with E-state index < -0.39 is 5.97 Å². The number of aromatic nitrogens is 3. The molecule has 3 heterocycles. The Labute approximate surface area is 185 Å². The van der Waals surface area contributed by atoms with Crippen molar-refractivity contribution in [3.8, 4) is 17.1 Å². The molecule has 4 rings (SSSR count). The van der Waals surface area contributed by atoms with E-state index in [9.17, 15) is 9.59 Å². The van der Waals surface area contributed by atoms with Gasteiger partial charge in [-0.15, -0.1) is 0 Å². The van der Waals surface area contributed by atoms with E-state index in [1.165, 1.54) is 6.20 Å². The zero-order chi connectivity index (χ0) is 22.3. The Kier molecular flexibility index (Phi) is 6.74. The number of benzene rings is 1. The van der Waals surface area contributed by atoms with E-state index in [1.807, 2.05) is 30.3 Å². The molecule has 0 bridgehead atoms. The topological polar surface area (TPSA) is 108 Å². The minimum absolute atomic E-state index is 0.0608. The summed E-state index contributed by atoms with van der Waals surface area (Å²) in [4.78, 5) is 35.1. The summed E-state index contributed by atoms with van der Waals surface area (Å²) < 4.78 is 16.1. The highest BCUT2D eigenvalue weighted by molar-refractivity contribution is 5.88. The maximum Gasteiger partial charge on any atom is 0.356 e. The first-order chi connectivity index (χ1) is 15.7. The third-order valence-corrected chi connectivity index (χ3v) is 5.16. The van der Waals surface area contributed by atoms with Crippen molar-refractivity contribution >= 4 is 11.9 Å². The lowest BCUT2D eigenvalue weighted by Gasteiger charge is -2.33. The highest BCUT2D eigenvalue weighted by Gasteiger charge is 2.32. The fourth-order valence-electron chi connectivity index (χ4n) is 3.61. The van der Waals surface area contributed by atoms with Gasteiger partial charge in [0.05, 0.1) is 6.61 Å². The number of rotatable bonds is 7. The number of hydrogen-bond donors (Lipinski definition) is 0. The molecule has 32 heavy (non-hydrogen) atoms. The number of amides is 1. The number of piperidine rings is 1. The van der Waals surface area contributed by atoms with Crippen LogP contribution in [0.15, 0.2) is 53.2 Å². The fourth-order valence-corrected chi connectivity index (χ4v) is 3.61. The van der Waals surface area contributed by atoms with Gasteiger partial charge in [-0.2, -0.15) is 4.98 Å². The van der Waals surface area contributed by atoms with E-state index in [0.29, 0.717) is 29.6 Å². The molecule has 1 aliphatic heterocycles. The summed E-state index contributed by atoms with van der Waals surface area (Å²) in [6, 6.07) is 12.2. The second-order valence-electron chi connectivity index (χ2n) is 7.31. The van der Waals surface area contributed by atoms with Gasteiger partial charge in [-0.3, -0.25) is 4.79 Å². The molecule has 0 N–H and O–H groups in total. The van der Waals surface area contributed by atoms with Crippen molar-refractivity contribution in [2.45, 2.75) is 32.2 Å². The van der Waals surface area contributed by atoms with Crippen LogP contribution in [-0.4, -0.2) is 51.7 Å². The number of pyridine rings is 1. The van der Waals surface area contributed by atoms with Crippen molar-refractivity contribution in [2.75, 3.05) is 19.8 Å². The van der Waals surface area contributed by atoms with Crippen LogP contribution in [0.3, 0.4) is 0 Å². The van der Waals surface area contributed by atoms with Crippen LogP contribution in [0.1, 0.15) is 48.6 Å². The standard InChI is InChI=1S/C23H24N4O5/c1-2-30-23(29)18-14-16(11-12-24-18)21-25-22(32-26-21)19-10-6-7-13-27(19)20(28)15-31-17-8-4-3-5-9-17/h3-5,8-9,11-12,14,19H,2,6-7,10,13,15H2,1H3/t19-/m0/s1. The molecule has 0 radical (unpaired) electrons. The number of nitrogens with zero attached hydrogens (tertiary/aromatic N) is 4. The molecule has 9 heteroatoms. The van der Waals surface area contributed by atoms with Gasteiger partial charge in [-0.05, 0) is 50.5 Å². The molecular formula is C23H24N4O5. The molecule has 1 aromatic carbocycles. The molecule has 1 atom stereocenters. The van der Waals surface area contributed by atoms with Crippen LogP contribution in [0.2, 0.25) is 0 Å². The summed E-state index contributed by atoms with van der Waals surface area (Å²) in [6.07, 6.45) is 4.08. The molecule has 1 amide bonds. The predicted octanol–water partition coefficient (Wildman–Crippen LogP) is 3.44. The molecule has 0 spiro atoms. The van der Waals surface area contributed by atoms with Gasteiger partial charge < -0.3 is 18.9 Å². The van der Waals surface area contributed by atoms with E-state index >= 15 is 0 Å². The molecule has 0 aliphatic carbocycles. The summed E-state index contributed by atoms with van der Waals surface area (Å²) in [5.41, 5.74) is 0.752. The van der Waals surface area contributed by atoms with Crippen LogP contribution >= 0.6 is 0 Å². The molecule has 9 nitrogen and oxygen atoms in total. The Hall–Kier alpha value is -3.75. The minimum atomic E-state index is -0.513. The van der Waals surface area contributed by atoms with Gasteiger partial charge in [0.1, 0.15) is 17.5 Å². The quantitative estimate of drug-likeness (QED) is 0.518. The summed E-state index contributed by atoms with van der Waals surface area (Å²) in [7, 11) is 0. The molecule has 1 fully saturated rings. The normalized spacial score (nSPS) is 15.9. The van der Waals surface area contributed by atoms with Gasteiger partial charge in [0.15, 0.2) is 6.61 Å². The van der Waals surface area contributed by atoms with E-state index in [2.05, 4.69) is 15.1 Å². The predicted molar refractivity (Wildman–Crippen MR) is 114 cm³/mol. The summed E-state index contributed by atoms with van der Waals surface area (Å²) >= 11 is 0. The largest absolute Gasteiger partial charge is 0.484 e. The molecule has 0 saturated carbocycles. The second kappa shape index (κ2) is 10.0. The number of ether oxygens (including phenoxy) is 2. The molecule has 3 aromatic rings. The van der Waals surface area contributed by atoms with Crippen LogP contribution in [0, 0.1) is 0 Å². The zero-order valence-corrected chi connectivity index (χ0v) is 17.8. The number of esters is 1. The number of carbonyl (C=O) groups is 2. The van der Waals surface area contributed by atoms with E-state index in [1.54, 1.807) is 24.0 Å². The molecule has 1 saturated heterocycles. The Balaban J connectivity index is 1.48. The van der Waals surface area contributed by atoms with Gasteiger partial charge in [-0.1, -0.05) is 23.4 Å². The summed E-state index contributed by atoms with van der Waals surface area (Å²) in [5, 5.41) is 4.06. The second-order valence-corrected chi connectivity index (χ2v) is 7.31. The number of carbonyl (C=O) groups excluding carboxylic acids is 2. The lowest BCUT2D eigenvalue weighted by atomic mass is 10.0. The Morgan fingerprint density at radius 1 is 1.19 bits per heavy atom. The molecule has 0 unspecified atom stereocenters. The maximum absolute atomic E-state index is 12.9. The molecular weight excluding hydrogens is 412 g/mol. The lowest BCUT2D eigenvalue weighted by molar-refractivity contribution is -0.138. The third-order valence-electron chi connectivity index (χ3n) is 5.16. The van der Waals surface area contributed by atoms with Crippen molar-refractivity contribution in [3.05, 3.63) is 60.2 Å². The van der Waals surface area contributed by atoms with Crippen molar-refractivity contribution in [3.63, 3.8) is 0 Å². The minimum Gasteiger partial charge on any atom is -0.484 e.